The fourth-order valence-electron chi connectivity index (χ4n) is 3.70. The molecular weight excluding hydrogens is 483 g/mol. The monoisotopic (exact) mass is 502 g/mol. The number of carbonyl (C=O) groups excluding carboxylic acids is 1. The van der Waals surface area contributed by atoms with E-state index in [9.17, 15) is 4.79 Å². The van der Waals surface area contributed by atoms with Crippen LogP contribution in [0.3, 0.4) is 0 Å². The Bertz CT molecular complexity index is 1600. The molecule has 5 aromatic rings. The summed E-state index contributed by atoms with van der Waals surface area (Å²) in [7, 11) is 0. The van der Waals surface area contributed by atoms with Crippen molar-refractivity contribution in [3.05, 3.63) is 99.7 Å². The summed E-state index contributed by atoms with van der Waals surface area (Å²) in [4.78, 5) is 17.2. The van der Waals surface area contributed by atoms with Crippen molar-refractivity contribution in [3.63, 3.8) is 0 Å². The second kappa shape index (κ2) is 9.45. The van der Waals surface area contributed by atoms with Gasteiger partial charge in [-0.15, -0.1) is 0 Å². The summed E-state index contributed by atoms with van der Waals surface area (Å²) in [5.41, 5.74) is 5.80. The van der Waals surface area contributed by atoms with E-state index in [2.05, 4.69) is 10.3 Å². The van der Waals surface area contributed by atoms with E-state index in [1.807, 2.05) is 50.2 Å². The zero-order chi connectivity index (χ0) is 24.5. The molecule has 5 rings (SSSR count). The molecule has 0 saturated heterocycles. The third-order valence-electron chi connectivity index (χ3n) is 5.50. The molecule has 5 nitrogen and oxygen atoms in total. The average Bonchev–Trinajstić information content (AvgIpc) is 3.46. The molecule has 0 bridgehead atoms. The summed E-state index contributed by atoms with van der Waals surface area (Å²) in [6.07, 6.45) is 3.01. The van der Waals surface area contributed by atoms with Crippen LogP contribution in [0.5, 0.6) is 0 Å². The number of furan rings is 1. The maximum absolute atomic E-state index is 12.6. The van der Waals surface area contributed by atoms with Crippen molar-refractivity contribution in [2.75, 3.05) is 5.32 Å². The Balaban J connectivity index is 1.32. The Morgan fingerprint density at radius 1 is 0.914 bits per heavy atom. The molecule has 174 valence electrons. The Hall–Kier alpha value is -3.80. The van der Waals surface area contributed by atoms with Crippen molar-refractivity contribution >= 4 is 52.0 Å². The number of halogens is 2. The first kappa shape index (κ1) is 23.0. The second-order valence-electron chi connectivity index (χ2n) is 8.17. The van der Waals surface area contributed by atoms with Gasteiger partial charge in [0.1, 0.15) is 17.0 Å². The minimum absolute atomic E-state index is 0.296. The number of hydrogen-bond acceptors (Lipinski definition) is 4. The van der Waals surface area contributed by atoms with Gasteiger partial charge in [-0.25, -0.2) is 4.98 Å². The number of benzene rings is 3. The molecule has 7 heteroatoms. The topological polar surface area (TPSA) is 68.3 Å². The predicted molar refractivity (Wildman–Crippen MR) is 141 cm³/mol. The smallest absolute Gasteiger partial charge is 0.248 e. The van der Waals surface area contributed by atoms with E-state index >= 15 is 0 Å². The zero-order valence-corrected chi connectivity index (χ0v) is 20.4. The normalized spacial score (nSPS) is 11.4. The van der Waals surface area contributed by atoms with Crippen LogP contribution in [0.15, 0.2) is 81.6 Å². The molecule has 0 saturated carbocycles. The first-order chi connectivity index (χ1) is 16.9. The SMILES string of the molecule is Cc1ccc2oc(-c3cc(NC(=O)C=Cc4ccc(-c5ccc(Cl)cc5Cl)o4)ccc3C)nc2c1. The molecule has 1 amide bonds. The van der Waals surface area contributed by atoms with Crippen LogP contribution in [0.4, 0.5) is 5.69 Å². The average molecular weight is 503 g/mol. The number of nitrogens with zero attached hydrogens (tertiary/aromatic N) is 1. The molecule has 0 aliphatic rings. The van der Waals surface area contributed by atoms with Gasteiger partial charge in [0.2, 0.25) is 11.8 Å². The van der Waals surface area contributed by atoms with E-state index < -0.39 is 0 Å². The molecule has 0 spiro atoms. The third kappa shape index (κ3) is 5.02. The maximum Gasteiger partial charge on any atom is 0.248 e. The van der Waals surface area contributed by atoms with Crippen molar-refractivity contribution in [3.8, 4) is 22.8 Å². The number of rotatable bonds is 5. The van der Waals surface area contributed by atoms with E-state index in [1.165, 1.54) is 6.08 Å². The van der Waals surface area contributed by atoms with Gasteiger partial charge in [0.15, 0.2) is 5.58 Å². The Morgan fingerprint density at radius 3 is 2.60 bits per heavy atom. The molecular formula is C28H20Cl2N2O3. The summed E-state index contributed by atoms with van der Waals surface area (Å²) in [6, 6.07) is 20.2. The molecule has 0 aliphatic carbocycles. The summed E-state index contributed by atoms with van der Waals surface area (Å²) >= 11 is 12.2. The Kier molecular flexibility index (Phi) is 6.20. The van der Waals surface area contributed by atoms with Gasteiger partial charge in [0.05, 0.1) is 5.02 Å². The number of fused-ring (bicyclic) bond motifs is 1. The number of nitrogens with one attached hydrogen (secondary N) is 1. The molecule has 0 fully saturated rings. The van der Waals surface area contributed by atoms with Crippen LogP contribution in [0, 0.1) is 13.8 Å². The van der Waals surface area contributed by atoms with Crippen LogP contribution in [-0.4, -0.2) is 10.9 Å². The lowest BCUT2D eigenvalue weighted by molar-refractivity contribution is -0.111. The van der Waals surface area contributed by atoms with Crippen molar-refractivity contribution in [2.24, 2.45) is 0 Å². The predicted octanol–water partition coefficient (Wildman–Crippen LogP) is 8.33. The maximum atomic E-state index is 12.6. The highest BCUT2D eigenvalue weighted by atomic mass is 35.5. The first-order valence-electron chi connectivity index (χ1n) is 10.9. The number of anilines is 1. The fraction of sp³-hybridized carbons (Fsp3) is 0.0714. The number of aromatic nitrogens is 1. The van der Waals surface area contributed by atoms with Crippen LogP contribution in [0.2, 0.25) is 10.0 Å². The van der Waals surface area contributed by atoms with Crippen LogP contribution < -0.4 is 5.32 Å². The molecule has 0 atom stereocenters. The third-order valence-corrected chi connectivity index (χ3v) is 6.05. The Morgan fingerprint density at radius 2 is 1.77 bits per heavy atom. The number of amides is 1. The molecule has 3 aromatic carbocycles. The second-order valence-corrected chi connectivity index (χ2v) is 9.01. The lowest BCUT2D eigenvalue weighted by Gasteiger charge is -2.06. The molecule has 2 aromatic heterocycles. The van der Waals surface area contributed by atoms with Crippen molar-refractivity contribution in [2.45, 2.75) is 13.8 Å². The van der Waals surface area contributed by atoms with E-state index in [1.54, 1.807) is 36.4 Å². The standard InChI is InChI=1S/C28H20Cl2N2O3/c1-16-3-10-26-24(13-16)32-28(35-26)22-15-19(6-4-17(22)2)31-27(33)12-8-20-7-11-25(34-20)21-9-5-18(29)14-23(21)30/h3-15H,1-2H3,(H,31,33). The summed E-state index contributed by atoms with van der Waals surface area (Å²) in [6.45, 7) is 3.99. The van der Waals surface area contributed by atoms with Gasteiger partial charge in [-0.05, 0) is 85.6 Å². The van der Waals surface area contributed by atoms with Crippen LogP contribution in [-0.2, 0) is 4.79 Å². The number of aryl methyl sites for hydroxylation is 2. The van der Waals surface area contributed by atoms with E-state index in [0.717, 1.165) is 33.4 Å². The van der Waals surface area contributed by atoms with Gasteiger partial charge in [0, 0.05) is 27.9 Å². The number of oxazole rings is 1. The van der Waals surface area contributed by atoms with Crippen molar-refractivity contribution < 1.29 is 13.6 Å². The number of hydrogen-bond donors (Lipinski definition) is 1. The quantitative estimate of drug-likeness (QED) is 0.245. The van der Waals surface area contributed by atoms with Gasteiger partial charge in [-0.3, -0.25) is 4.79 Å². The van der Waals surface area contributed by atoms with Crippen molar-refractivity contribution in [1.29, 1.82) is 0 Å². The highest BCUT2D eigenvalue weighted by molar-refractivity contribution is 6.36. The first-order valence-corrected chi connectivity index (χ1v) is 11.6. The van der Waals surface area contributed by atoms with Gasteiger partial charge < -0.3 is 14.2 Å². The lowest BCUT2D eigenvalue weighted by Crippen LogP contribution is -2.07. The van der Waals surface area contributed by atoms with E-state index in [4.69, 9.17) is 32.0 Å². The molecule has 0 unspecified atom stereocenters. The van der Waals surface area contributed by atoms with Gasteiger partial charge in [0.25, 0.3) is 0 Å². The van der Waals surface area contributed by atoms with Gasteiger partial charge in [-0.1, -0.05) is 35.3 Å². The molecule has 35 heavy (non-hydrogen) atoms. The molecule has 0 radical (unpaired) electrons. The molecule has 0 aliphatic heterocycles. The van der Waals surface area contributed by atoms with E-state index in [-0.39, 0.29) is 5.91 Å². The van der Waals surface area contributed by atoms with Crippen LogP contribution in [0.25, 0.3) is 40.0 Å². The highest BCUT2D eigenvalue weighted by Crippen LogP contribution is 2.32. The minimum Gasteiger partial charge on any atom is -0.457 e. The van der Waals surface area contributed by atoms with Gasteiger partial charge in [-0.2, -0.15) is 0 Å². The zero-order valence-electron chi connectivity index (χ0n) is 18.9. The summed E-state index contributed by atoms with van der Waals surface area (Å²) in [5, 5.41) is 3.91. The lowest BCUT2D eigenvalue weighted by atomic mass is 10.1. The van der Waals surface area contributed by atoms with Crippen LogP contribution >= 0.6 is 23.2 Å². The highest BCUT2D eigenvalue weighted by Gasteiger charge is 2.13. The Labute approximate surface area is 212 Å². The van der Waals surface area contributed by atoms with Crippen molar-refractivity contribution in [1.82, 2.24) is 4.98 Å². The van der Waals surface area contributed by atoms with Gasteiger partial charge >= 0.3 is 0 Å². The summed E-state index contributed by atoms with van der Waals surface area (Å²) in [5.74, 6) is 1.32. The number of carbonyl (C=O) groups is 1. The van der Waals surface area contributed by atoms with Crippen LogP contribution in [0.1, 0.15) is 16.9 Å². The largest absolute Gasteiger partial charge is 0.457 e. The fourth-order valence-corrected chi connectivity index (χ4v) is 4.20. The molecule has 2 heterocycles. The minimum atomic E-state index is -0.296. The summed E-state index contributed by atoms with van der Waals surface area (Å²) < 4.78 is 11.7. The van der Waals surface area contributed by atoms with E-state index in [0.29, 0.717) is 33.1 Å². The molecule has 1 N–H and O–H groups in total.